The topological polar surface area (TPSA) is 98.0 Å². The van der Waals surface area contributed by atoms with Gasteiger partial charge in [-0.15, -0.1) is 11.3 Å². The monoisotopic (exact) mass is 330 g/mol. The summed E-state index contributed by atoms with van der Waals surface area (Å²) in [5, 5.41) is 4.23. The van der Waals surface area contributed by atoms with Crippen molar-refractivity contribution in [2.75, 3.05) is 11.1 Å². The number of nitrogens with two attached hydrogens (primary N) is 1. The van der Waals surface area contributed by atoms with Crippen LogP contribution in [0.2, 0.25) is 0 Å². The molecule has 3 N–H and O–H groups in total. The summed E-state index contributed by atoms with van der Waals surface area (Å²) in [5.41, 5.74) is 5.73. The molecule has 2 aromatic rings. The minimum absolute atomic E-state index is 0.0970. The summed E-state index contributed by atoms with van der Waals surface area (Å²) in [6.45, 7) is 2.46. The Kier molecular flexibility index (Phi) is 3.43. The number of sulfone groups is 1. The van der Waals surface area contributed by atoms with Crippen LogP contribution in [0.1, 0.15) is 22.7 Å². The molecule has 3 rings (SSSR count). The molecule has 2 heterocycles. The van der Waals surface area contributed by atoms with Gasteiger partial charge in [-0.1, -0.05) is 0 Å². The van der Waals surface area contributed by atoms with Crippen LogP contribution in [0, 0.1) is 6.92 Å². The molecule has 0 saturated heterocycles. The van der Waals surface area contributed by atoms with E-state index in [2.05, 4.69) is 14.7 Å². The van der Waals surface area contributed by atoms with Crippen molar-refractivity contribution in [1.82, 2.24) is 9.36 Å². The van der Waals surface area contributed by atoms with Crippen LogP contribution in [0.5, 0.6) is 0 Å². The Morgan fingerprint density at radius 1 is 1.50 bits per heavy atom. The van der Waals surface area contributed by atoms with Crippen LogP contribution in [-0.2, 0) is 16.4 Å². The van der Waals surface area contributed by atoms with Crippen molar-refractivity contribution in [3.05, 3.63) is 16.1 Å². The summed E-state index contributed by atoms with van der Waals surface area (Å²) in [6.07, 6.45) is 3.22. The molecule has 1 aliphatic carbocycles. The van der Waals surface area contributed by atoms with Crippen LogP contribution >= 0.6 is 22.9 Å². The normalized spacial score (nSPS) is 15.4. The number of thiazole rings is 1. The van der Waals surface area contributed by atoms with Gasteiger partial charge in [0.05, 0.1) is 11.8 Å². The van der Waals surface area contributed by atoms with Crippen LogP contribution in [0.25, 0.3) is 0 Å². The van der Waals surface area contributed by atoms with Crippen molar-refractivity contribution in [2.45, 2.75) is 36.5 Å². The van der Waals surface area contributed by atoms with Gasteiger partial charge in [0.2, 0.25) is 0 Å². The lowest BCUT2D eigenvalue weighted by Crippen LogP contribution is -2.11. The second-order valence-electron chi connectivity index (χ2n) is 4.69. The summed E-state index contributed by atoms with van der Waals surface area (Å²) in [4.78, 5) is 5.52. The number of nitrogen functional groups attached to an aromatic ring is 1. The van der Waals surface area contributed by atoms with Gasteiger partial charge in [-0.05, 0) is 31.3 Å². The molecule has 0 spiro atoms. The fourth-order valence-electron chi connectivity index (χ4n) is 1.87. The van der Waals surface area contributed by atoms with Gasteiger partial charge in [0.15, 0.2) is 15.7 Å². The summed E-state index contributed by atoms with van der Waals surface area (Å²) < 4.78 is 28.7. The summed E-state index contributed by atoms with van der Waals surface area (Å²) in [7, 11) is -3.34. The van der Waals surface area contributed by atoms with Gasteiger partial charge in [0, 0.05) is 11.1 Å². The predicted octanol–water partition coefficient (Wildman–Crippen LogP) is 2.04. The summed E-state index contributed by atoms with van der Waals surface area (Å²) >= 11 is 2.66. The lowest BCUT2D eigenvalue weighted by Gasteiger charge is -2.06. The molecule has 0 aromatic carbocycles. The number of nitrogens with zero attached hydrogens (tertiary/aromatic N) is 2. The largest absolute Gasteiger partial charge is 0.382 e. The van der Waals surface area contributed by atoms with Crippen molar-refractivity contribution in [1.29, 1.82) is 0 Å². The van der Waals surface area contributed by atoms with Crippen LogP contribution in [-0.4, -0.2) is 23.0 Å². The van der Waals surface area contributed by atoms with E-state index in [0.717, 1.165) is 21.4 Å². The van der Waals surface area contributed by atoms with E-state index in [-0.39, 0.29) is 16.0 Å². The third-order valence-corrected chi connectivity index (χ3v) is 7.18. The Hall–Kier alpha value is -1.19. The first-order valence-electron chi connectivity index (χ1n) is 6.12. The van der Waals surface area contributed by atoms with Gasteiger partial charge in [-0.25, -0.2) is 13.4 Å². The molecule has 2 aromatic heterocycles. The van der Waals surface area contributed by atoms with Gasteiger partial charge in [0.1, 0.15) is 14.9 Å². The van der Waals surface area contributed by atoms with E-state index in [0.29, 0.717) is 24.4 Å². The zero-order chi connectivity index (χ0) is 14.3. The van der Waals surface area contributed by atoms with Crippen LogP contribution < -0.4 is 11.1 Å². The van der Waals surface area contributed by atoms with Gasteiger partial charge in [-0.2, -0.15) is 4.37 Å². The zero-order valence-corrected chi connectivity index (χ0v) is 13.2. The first-order valence-corrected chi connectivity index (χ1v) is 9.26. The molecule has 6 nitrogen and oxygen atoms in total. The standard InChI is InChI=1S/C11H14N4O2S3/c1-6-4-13-8(18-6)5-14-11-9(10(12)15-19-11)20(16,17)7-2-3-7/h4,7,14H,2-3,5H2,1H3,(H2,12,15). The third kappa shape index (κ3) is 2.52. The van der Waals surface area contributed by atoms with Gasteiger partial charge < -0.3 is 11.1 Å². The maximum Gasteiger partial charge on any atom is 0.187 e. The lowest BCUT2D eigenvalue weighted by molar-refractivity contribution is 0.595. The van der Waals surface area contributed by atoms with Crippen LogP contribution in [0.3, 0.4) is 0 Å². The fourth-order valence-corrected chi connectivity index (χ4v) is 5.47. The maximum atomic E-state index is 12.3. The van der Waals surface area contributed by atoms with E-state index >= 15 is 0 Å². The highest BCUT2D eigenvalue weighted by Crippen LogP contribution is 2.41. The molecule has 108 valence electrons. The maximum absolute atomic E-state index is 12.3. The Balaban J connectivity index is 1.84. The number of hydrogen-bond donors (Lipinski definition) is 2. The molecule has 0 bridgehead atoms. The fraction of sp³-hybridized carbons (Fsp3) is 0.455. The lowest BCUT2D eigenvalue weighted by atomic mass is 10.5. The second-order valence-corrected chi connectivity index (χ2v) is 8.95. The van der Waals surface area contributed by atoms with Crippen molar-refractivity contribution < 1.29 is 8.42 Å². The SMILES string of the molecule is Cc1cnc(CNc2snc(N)c2S(=O)(=O)C2CC2)s1. The molecular weight excluding hydrogens is 316 g/mol. The number of nitrogens with one attached hydrogen (secondary N) is 1. The molecular formula is C11H14N4O2S3. The van der Waals surface area contributed by atoms with E-state index < -0.39 is 9.84 Å². The highest BCUT2D eigenvalue weighted by molar-refractivity contribution is 7.92. The van der Waals surface area contributed by atoms with Crippen molar-refractivity contribution in [2.24, 2.45) is 0 Å². The molecule has 0 amide bonds. The molecule has 0 unspecified atom stereocenters. The van der Waals surface area contributed by atoms with Crippen molar-refractivity contribution in [3.8, 4) is 0 Å². The molecule has 0 atom stereocenters. The summed E-state index contributed by atoms with van der Waals surface area (Å²) in [5.74, 6) is 0.0970. The predicted molar refractivity (Wildman–Crippen MR) is 80.9 cm³/mol. The smallest absolute Gasteiger partial charge is 0.187 e. The van der Waals surface area contributed by atoms with Gasteiger partial charge in [-0.3, -0.25) is 0 Å². The minimum Gasteiger partial charge on any atom is -0.382 e. The average Bonchev–Trinajstić information content (AvgIpc) is 3.08. The molecule has 20 heavy (non-hydrogen) atoms. The van der Waals surface area contributed by atoms with Crippen LogP contribution in [0.4, 0.5) is 10.8 Å². The van der Waals surface area contributed by atoms with E-state index in [1.807, 2.05) is 6.92 Å². The van der Waals surface area contributed by atoms with Gasteiger partial charge >= 0.3 is 0 Å². The molecule has 1 fully saturated rings. The Bertz CT molecular complexity index is 731. The molecule has 0 radical (unpaired) electrons. The van der Waals surface area contributed by atoms with Crippen LogP contribution in [0.15, 0.2) is 11.1 Å². The first-order chi connectivity index (χ1) is 9.48. The molecule has 9 heteroatoms. The Morgan fingerprint density at radius 3 is 2.85 bits per heavy atom. The highest BCUT2D eigenvalue weighted by atomic mass is 32.2. The highest BCUT2D eigenvalue weighted by Gasteiger charge is 2.40. The van der Waals surface area contributed by atoms with E-state index in [9.17, 15) is 8.42 Å². The van der Waals surface area contributed by atoms with Crippen molar-refractivity contribution >= 4 is 43.5 Å². The number of hydrogen-bond acceptors (Lipinski definition) is 8. The summed E-state index contributed by atoms with van der Waals surface area (Å²) in [6, 6.07) is 0. The second kappa shape index (κ2) is 4.97. The number of anilines is 2. The first kappa shape index (κ1) is 13.8. The Morgan fingerprint density at radius 2 is 2.25 bits per heavy atom. The van der Waals surface area contributed by atoms with Gasteiger partial charge in [0.25, 0.3) is 0 Å². The molecule has 1 aliphatic rings. The molecule has 1 saturated carbocycles. The average molecular weight is 330 g/mol. The number of aryl methyl sites for hydroxylation is 1. The third-order valence-electron chi connectivity index (χ3n) is 2.99. The van der Waals surface area contributed by atoms with E-state index in [4.69, 9.17) is 5.73 Å². The number of rotatable bonds is 5. The van der Waals surface area contributed by atoms with E-state index in [1.165, 1.54) is 0 Å². The van der Waals surface area contributed by atoms with E-state index in [1.54, 1.807) is 17.5 Å². The molecule has 0 aliphatic heterocycles. The zero-order valence-electron chi connectivity index (χ0n) is 10.8. The number of aromatic nitrogens is 2. The van der Waals surface area contributed by atoms with Crippen molar-refractivity contribution in [3.63, 3.8) is 0 Å². The Labute approximate surface area is 125 Å². The quantitative estimate of drug-likeness (QED) is 0.870. The minimum atomic E-state index is -3.34.